The van der Waals surface area contributed by atoms with Crippen LogP contribution in [0.3, 0.4) is 0 Å². The van der Waals surface area contributed by atoms with Crippen molar-refractivity contribution in [3.05, 3.63) is 58.5 Å². The Balaban J connectivity index is 1.47. The molecule has 3 heterocycles. The van der Waals surface area contributed by atoms with Crippen molar-refractivity contribution in [2.45, 2.75) is 37.5 Å². The fourth-order valence-electron chi connectivity index (χ4n) is 4.12. The van der Waals surface area contributed by atoms with Gasteiger partial charge in [0, 0.05) is 10.8 Å². The molecule has 1 saturated carbocycles. The third-order valence-corrected chi connectivity index (χ3v) is 6.61. The Bertz CT molecular complexity index is 1080. The van der Waals surface area contributed by atoms with Crippen LogP contribution in [-0.4, -0.2) is 19.6 Å². The number of nitrogens with zero attached hydrogens (tertiary/aromatic N) is 4. The molecule has 3 aromatic heterocycles. The van der Waals surface area contributed by atoms with Gasteiger partial charge in [0.15, 0.2) is 11.5 Å². The van der Waals surface area contributed by atoms with Crippen LogP contribution in [0.4, 0.5) is 0 Å². The molecule has 2 aliphatic rings. The summed E-state index contributed by atoms with van der Waals surface area (Å²) in [5.74, 6) is 2.00. The van der Waals surface area contributed by atoms with Crippen LogP contribution >= 0.6 is 11.3 Å². The van der Waals surface area contributed by atoms with Gasteiger partial charge in [-0.2, -0.15) is 0 Å². The molecule has 0 bridgehead atoms. The zero-order chi connectivity index (χ0) is 15.7. The van der Waals surface area contributed by atoms with Gasteiger partial charge in [-0.1, -0.05) is 30.3 Å². The second-order valence-corrected chi connectivity index (χ2v) is 7.96. The van der Waals surface area contributed by atoms with Gasteiger partial charge in [-0.05, 0) is 42.7 Å². The van der Waals surface area contributed by atoms with Crippen LogP contribution < -0.4 is 0 Å². The summed E-state index contributed by atoms with van der Waals surface area (Å²) in [4.78, 5) is 12.2. The smallest absolute Gasteiger partial charge is 0.167 e. The van der Waals surface area contributed by atoms with E-state index in [1.807, 2.05) is 22.2 Å². The van der Waals surface area contributed by atoms with Gasteiger partial charge in [-0.3, -0.25) is 0 Å². The average Bonchev–Trinajstić information content (AvgIpc) is 2.93. The SMILES string of the molecule is c1ccc([C@@H]2C[C@@H]2c2nc3c4c5c(sc4ncn3n2)CCC5)cc1. The van der Waals surface area contributed by atoms with E-state index < -0.39 is 0 Å². The fourth-order valence-corrected chi connectivity index (χ4v) is 5.34. The van der Waals surface area contributed by atoms with Crippen molar-refractivity contribution in [2.75, 3.05) is 0 Å². The van der Waals surface area contributed by atoms with E-state index in [2.05, 4.69) is 35.3 Å². The molecular formula is C19H16N4S. The minimum atomic E-state index is 0.453. The lowest BCUT2D eigenvalue weighted by atomic mass is 10.1. The van der Waals surface area contributed by atoms with Gasteiger partial charge in [0.05, 0.1) is 5.39 Å². The Labute approximate surface area is 143 Å². The molecule has 1 aromatic carbocycles. The summed E-state index contributed by atoms with van der Waals surface area (Å²) in [6.45, 7) is 0. The van der Waals surface area contributed by atoms with Gasteiger partial charge in [0.1, 0.15) is 11.2 Å². The summed E-state index contributed by atoms with van der Waals surface area (Å²) in [6.07, 6.45) is 6.61. The molecule has 0 amide bonds. The molecule has 118 valence electrons. The largest absolute Gasteiger partial charge is 0.225 e. The Kier molecular flexibility index (Phi) is 2.52. The number of fused-ring (bicyclic) bond motifs is 5. The second kappa shape index (κ2) is 4.63. The predicted octanol–water partition coefficient (Wildman–Crippen LogP) is 4.10. The Morgan fingerprint density at radius 3 is 2.92 bits per heavy atom. The van der Waals surface area contributed by atoms with E-state index in [1.165, 1.54) is 34.2 Å². The minimum absolute atomic E-state index is 0.453. The molecular weight excluding hydrogens is 316 g/mol. The van der Waals surface area contributed by atoms with Gasteiger partial charge >= 0.3 is 0 Å². The Morgan fingerprint density at radius 1 is 1.08 bits per heavy atom. The van der Waals surface area contributed by atoms with Crippen molar-refractivity contribution in [3.63, 3.8) is 0 Å². The summed E-state index contributed by atoms with van der Waals surface area (Å²) in [7, 11) is 0. The van der Waals surface area contributed by atoms with Crippen LogP contribution in [0.1, 0.15) is 46.5 Å². The first-order valence-corrected chi connectivity index (χ1v) is 9.40. The molecule has 4 aromatic rings. The van der Waals surface area contributed by atoms with Crippen molar-refractivity contribution >= 4 is 27.2 Å². The monoisotopic (exact) mass is 332 g/mol. The molecule has 0 spiro atoms. The van der Waals surface area contributed by atoms with E-state index in [0.717, 1.165) is 29.1 Å². The lowest BCUT2D eigenvalue weighted by Crippen LogP contribution is -1.91. The van der Waals surface area contributed by atoms with E-state index in [9.17, 15) is 0 Å². The number of aryl methyl sites for hydroxylation is 2. The first-order chi connectivity index (χ1) is 11.9. The highest BCUT2D eigenvalue weighted by atomic mass is 32.1. The minimum Gasteiger partial charge on any atom is -0.225 e. The molecule has 24 heavy (non-hydrogen) atoms. The summed E-state index contributed by atoms with van der Waals surface area (Å²) in [6, 6.07) is 10.7. The van der Waals surface area contributed by atoms with Crippen molar-refractivity contribution in [1.29, 1.82) is 0 Å². The zero-order valence-electron chi connectivity index (χ0n) is 13.1. The predicted molar refractivity (Wildman–Crippen MR) is 94.7 cm³/mol. The lowest BCUT2D eigenvalue weighted by molar-refractivity contribution is 0.850. The molecule has 0 saturated heterocycles. The number of hydrogen-bond donors (Lipinski definition) is 0. The molecule has 5 heteroatoms. The summed E-state index contributed by atoms with van der Waals surface area (Å²) < 4.78 is 1.89. The molecule has 0 unspecified atom stereocenters. The summed E-state index contributed by atoms with van der Waals surface area (Å²) in [5.41, 5.74) is 3.89. The molecule has 1 fully saturated rings. The number of rotatable bonds is 2. The normalized spacial score (nSPS) is 22.3. The molecule has 0 radical (unpaired) electrons. The number of benzene rings is 1. The Morgan fingerprint density at radius 2 is 2.00 bits per heavy atom. The van der Waals surface area contributed by atoms with Gasteiger partial charge < -0.3 is 0 Å². The zero-order valence-corrected chi connectivity index (χ0v) is 14.0. The highest BCUT2D eigenvalue weighted by Crippen LogP contribution is 2.53. The molecule has 4 nitrogen and oxygen atoms in total. The maximum absolute atomic E-state index is 4.95. The molecule has 2 aliphatic carbocycles. The van der Waals surface area contributed by atoms with Gasteiger partial charge in [-0.25, -0.2) is 14.5 Å². The van der Waals surface area contributed by atoms with E-state index in [-0.39, 0.29) is 0 Å². The maximum Gasteiger partial charge on any atom is 0.167 e. The van der Waals surface area contributed by atoms with Crippen LogP contribution in [-0.2, 0) is 12.8 Å². The van der Waals surface area contributed by atoms with E-state index >= 15 is 0 Å². The lowest BCUT2D eigenvalue weighted by Gasteiger charge is -1.96. The van der Waals surface area contributed by atoms with Crippen LogP contribution in [0, 0.1) is 0 Å². The molecule has 6 rings (SSSR count). The fraction of sp³-hybridized carbons (Fsp3) is 0.316. The van der Waals surface area contributed by atoms with Crippen LogP contribution in [0.5, 0.6) is 0 Å². The third-order valence-electron chi connectivity index (χ3n) is 5.41. The van der Waals surface area contributed by atoms with Crippen molar-refractivity contribution in [1.82, 2.24) is 19.6 Å². The number of aromatic nitrogens is 4. The highest BCUT2D eigenvalue weighted by molar-refractivity contribution is 7.19. The number of hydrogen-bond acceptors (Lipinski definition) is 4. The first kappa shape index (κ1) is 13.1. The number of thiophene rings is 1. The van der Waals surface area contributed by atoms with E-state index in [1.54, 1.807) is 0 Å². The standard InChI is InChI=1S/C19H16N4S/c1-2-5-11(6-3-1)13-9-14(13)17-21-18-16-12-7-4-8-15(12)24-19(16)20-10-23(18)22-17/h1-3,5-6,10,13-14H,4,7-9H2/t13-,14-/m0/s1. The van der Waals surface area contributed by atoms with Gasteiger partial charge in [-0.15, -0.1) is 16.4 Å². The van der Waals surface area contributed by atoms with Crippen molar-refractivity contribution in [3.8, 4) is 0 Å². The van der Waals surface area contributed by atoms with Gasteiger partial charge in [0.25, 0.3) is 0 Å². The summed E-state index contributed by atoms with van der Waals surface area (Å²) >= 11 is 1.84. The van der Waals surface area contributed by atoms with Gasteiger partial charge in [0.2, 0.25) is 0 Å². The molecule has 0 N–H and O–H groups in total. The maximum atomic E-state index is 4.95. The first-order valence-electron chi connectivity index (χ1n) is 8.59. The second-order valence-electron chi connectivity index (χ2n) is 6.88. The average molecular weight is 332 g/mol. The topological polar surface area (TPSA) is 43.1 Å². The Hall–Kier alpha value is -2.27. The molecule has 2 atom stereocenters. The third kappa shape index (κ3) is 1.76. The molecule has 0 aliphatic heterocycles. The van der Waals surface area contributed by atoms with E-state index in [4.69, 9.17) is 10.1 Å². The summed E-state index contributed by atoms with van der Waals surface area (Å²) in [5, 5.41) is 6.01. The van der Waals surface area contributed by atoms with Crippen molar-refractivity contribution < 1.29 is 0 Å². The van der Waals surface area contributed by atoms with Crippen LogP contribution in [0.15, 0.2) is 36.7 Å². The van der Waals surface area contributed by atoms with E-state index in [0.29, 0.717) is 11.8 Å². The van der Waals surface area contributed by atoms with Crippen LogP contribution in [0.2, 0.25) is 0 Å². The highest BCUT2D eigenvalue weighted by Gasteiger charge is 2.42. The quantitative estimate of drug-likeness (QED) is 0.555. The van der Waals surface area contributed by atoms with Crippen LogP contribution in [0.25, 0.3) is 15.9 Å². The van der Waals surface area contributed by atoms with Crippen molar-refractivity contribution in [2.24, 2.45) is 0 Å².